The van der Waals surface area contributed by atoms with Gasteiger partial charge in [0.25, 0.3) is 0 Å². The van der Waals surface area contributed by atoms with E-state index in [-0.39, 0.29) is 0 Å². The Morgan fingerprint density at radius 3 is 2.50 bits per heavy atom. The lowest BCUT2D eigenvalue weighted by atomic mass is 9.74. The van der Waals surface area contributed by atoms with Crippen molar-refractivity contribution < 1.29 is 4.79 Å². The Labute approximate surface area is 73.5 Å². The second-order valence-electron chi connectivity index (χ2n) is 5.13. The maximum atomic E-state index is 11.4. The Kier molecular flexibility index (Phi) is 1.26. The Bertz CT molecular complexity index is 229. The van der Waals surface area contributed by atoms with Crippen LogP contribution in [0.5, 0.6) is 0 Å². The summed E-state index contributed by atoms with van der Waals surface area (Å²) >= 11 is 0. The maximum absolute atomic E-state index is 11.4. The topological polar surface area (TPSA) is 17.1 Å². The van der Waals surface area contributed by atoms with Gasteiger partial charge in [-0.05, 0) is 56.3 Å². The van der Waals surface area contributed by atoms with Crippen LogP contribution < -0.4 is 0 Å². The molecule has 0 heterocycles. The van der Waals surface area contributed by atoms with Crippen LogP contribution in [0.25, 0.3) is 0 Å². The summed E-state index contributed by atoms with van der Waals surface area (Å²) in [5.74, 6) is 4.52. The van der Waals surface area contributed by atoms with Crippen LogP contribution in [0.1, 0.15) is 32.6 Å². The van der Waals surface area contributed by atoms with Gasteiger partial charge in [0.1, 0.15) is 5.78 Å². The third kappa shape index (κ3) is 0.725. The smallest absolute Gasteiger partial charge is 0.133 e. The van der Waals surface area contributed by atoms with Crippen molar-refractivity contribution in [3.8, 4) is 0 Å². The molecule has 66 valence electrons. The molecular formula is C11H16O. The van der Waals surface area contributed by atoms with Gasteiger partial charge in [0.05, 0.1) is 0 Å². The van der Waals surface area contributed by atoms with Crippen molar-refractivity contribution in [2.75, 3.05) is 0 Å². The van der Waals surface area contributed by atoms with Crippen molar-refractivity contribution in [1.29, 1.82) is 0 Å². The maximum Gasteiger partial charge on any atom is 0.133 e. The Hall–Kier alpha value is -0.330. The lowest BCUT2D eigenvalue weighted by Crippen LogP contribution is -2.28. The van der Waals surface area contributed by atoms with Gasteiger partial charge in [0, 0.05) is 5.92 Å². The normalized spacial score (nSPS) is 54.9. The van der Waals surface area contributed by atoms with E-state index in [4.69, 9.17) is 0 Å². The van der Waals surface area contributed by atoms with E-state index in [2.05, 4.69) is 0 Å². The van der Waals surface area contributed by atoms with Gasteiger partial charge >= 0.3 is 0 Å². The first-order chi connectivity index (χ1) is 5.75. The van der Waals surface area contributed by atoms with Crippen LogP contribution in [-0.4, -0.2) is 5.78 Å². The minimum atomic E-state index is 0.479. The van der Waals surface area contributed by atoms with E-state index in [1.165, 1.54) is 25.7 Å². The summed E-state index contributed by atoms with van der Waals surface area (Å²) in [6, 6.07) is 0. The van der Waals surface area contributed by atoms with Crippen LogP contribution >= 0.6 is 0 Å². The highest BCUT2D eigenvalue weighted by Gasteiger charge is 2.54. The highest BCUT2D eigenvalue weighted by molar-refractivity contribution is 5.79. The van der Waals surface area contributed by atoms with Crippen LogP contribution in [0.3, 0.4) is 0 Å². The van der Waals surface area contributed by atoms with E-state index in [0.717, 1.165) is 23.7 Å². The highest BCUT2D eigenvalue weighted by atomic mass is 16.1. The Morgan fingerprint density at radius 2 is 1.83 bits per heavy atom. The molecule has 4 saturated carbocycles. The van der Waals surface area contributed by atoms with Crippen molar-refractivity contribution in [1.82, 2.24) is 0 Å². The zero-order chi connectivity index (χ0) is 8.29. The molecule has 12 heavy (non-hydrogen) atoms. The van der Waals surface area contributed by atoms with Gasteiger partial charge in [-0.3, -0.25) is 4.79 Å². The zero-order valence-electron chi connectivity index (χ0n) is 7.62. The van der Waals surface area contributed by atoms with Gasteiger partial charge in [-0.2, -0.15) is 0 Å². The summed E-state index contributed by atoms with van der Waals surface area (Å²) in [5.41, 5.74) is 0. The third-order valence-electron chi connectivity index (χ3n) is 4.53. The van der Waals surface area contributed by atoms with Crippen LogP contribution in [0, 0.1) is 29.6 Å². The van der Waals surface area contributed by atoms with Gasteiger partial charge in [-0.15, -0.1) is 0 Å². The largest absolute Gasteiger partial charge is 0.300 e. The quantitative estimate of drug-likeness (QED) is 0.581. The van der Waals surface area contributed by atoms with E-state index in [0.29, 0.717) is 11.7 Å². The van der Waals surface area contributed by atoms with Crippen molar-refractivity contribution >= 4 is 5.78 Å². The summed E-state index contributed by atoms with van der Waals surface area (Å²) < 4.78 is 0. The average molecular weight is 164 g/mol. The van der Waals surface area contributed by atoms with E-state index in [9.17, 15) is 4.79 Å². The first-order valence-corrected chi connectivity index (χ1v) is 5.26. The van der Waals surface area contributed by atoms with Crippen molar-refractivity contribution in [2.24, 2.45) is 29.6 Å². The second-order valence-corrected chi connectivity index (χ2v) is 5.13. The summed E-state index contributed by atoms with van der Waals surface area (Å²) in [5, 5.41) is 0. The molecule has 0 N–H and O–H groups in total. The molecule has 4 rings (SSSR count). The first kappa shape index (κ1) is 7.11. The summed E-state index contributed by atoms with van der Waals surface area (Å²) in [6.45, 7) is 1.80. The molecule has 5 atom stereocenters. The SMILES string of the molecule is CC(=O)[C@H]1[C@@H]2C[C@H]3C[C@H](C2)[C@H]1C3. The van der Waals surface area contributed by atoms with Crippen molar-refractivity contribution in [2.45, 2.75) is 32.6 Å². The molecule has 0 aromatic heterocycles. The van der Waals surface area contributed by atoms with Gasteiger partial charge in [0.15, 0.2) is 0 Å². The number of carbonyl (C=O) groups is 1. The predicted octanol–water partition coefficient (Wildman–Crippen LogP) is 2.26. The van der Waals surface area contributed by atoms with Gasteiger partial charge in [0.2, 0.25) is 0 Å². The molecule has 4 aliphatic rings. The highest BCUT2D eigenvalue weighted by Crippen LogP contribution is 2.61. The third-order valence-corrected chi connectivity index (χ3v) is 4.53. The fraction of sp³-hybridized carbons (Fsp3) is 0.909. The van der Waals surface area contributed by atoms with Crippen LogP contribution in [0.4, 0.5) is 0 Å². The van der Waals surface area contributed by atoms with Crippen LogP contribution in [0.15, 0.2) is 0 Å². The number of hydrogen-bond donors (Lipinski definition) is 0. The molecule has 1 nitrogen and oxygen atoms in total. The van der Waals surface area contributed by atoms with E-state index in [1.54, 1.807) is 6.92 Å². The van der Waals surface area contributed by atoms with Crippen LogP contribution in [0.2, 0.25) is 0 Å². The molecule has 4 aliphatic carbocycles. The second kappa shape index (κ2) is 2.12. The molecule has 0 saturated heterocycles. The van der Waals surface area contributed by atoms with E-state index in [1.807, 2.05) is 0 Å². The molecule has 4 fully saturated rings. The number of ketones is 1. The molecule has 1 heteroatoms. The van der Waals surface area contributed by atoms with Gasteiger partial charge in [-0.25, -0.2) is 0 Å². The molecule has 0 amide bonds. The molecule has 0 spiro atoms. The minimum absolute atomic E-state index is 0.479. The first-order valence-electron chi connectivity index (χ1n) is 5.26. The number of carbonyl (C=O) groups excluding carboxylic acids is 1. The molecule has 0 unspecified atom stereocenters. The molecule has 4 bridgehead atoms. The monoisotopic (exact) mass is 164 g/mol. The molecule has 0 aromatic carbocycles. The molecule has 0 aromatic rings. The molecule has 0 radical (unpaired) electrons. The summed E-state index contributed by atoms with van der Waals surface area (Å²) in [6.07, 6.45) is 5.58. The van der Waals surface area contributed by atoms with Crippen molar-refractivity contribution in [3.63, 3.8) is 0 Å². The lowest BCUT2D eigenvalue weighted by molar-refractivity contribution is -0.124. The Morgan fingerprint density at radius 1 is 1.08 bits per heavy atom. The Balaban J connectivity index is 1.94. The van der Waals surface area contributed by atoms with Gasteiger partial charge < -0.3 is 0 Å². The number of Topliss-reactive ketones (excluding diaryl/α,β-unsaturated/α-hetero) is 1. The number of hydrogen-bond acceptors (Lipinski definition) is 1. The zero-order valence-corrected chi connectivity index (χ0v) is 7.62. The molecule has 0 aliphatic heterocycles. The van der Waals surface area contributed by atoms with E-state index < -0.39 is 0 Å². The summed E-state index contributed by atoms with van der Waals surface area (Å²) in [4.78, 5) is 11.4. The van der Waals surface area contributed by atoms with Gasteiger partial charge in [-0.1, -0.05) is 0 Å². The summed E-state index contributed by atoms with van der Waals surface area (Å²) in [7, 11) is 0. The van der Waals surface area contributed by atoms with E-state index >= 15 is 0 Å². The van der Waals surface area contributed by atoms with Crippen LogP contribution in [-0.2, 0) is 4.79 Å². The van der Waals surface area contributed by atoms with Crippen molar-refractivity contribution in [3.05, 3.63) is 0 Å². The minimum Gasteiger partial charge on any atom is -0.300 e. The lowest BCUT2D eigenvalue weighted by Gasteiger charge is -2.30. The molecular weight excluding hydrogens is 148 g/mol. The fourth-order valence-corrected chi connectivity index (χ4v) is 4.37. The fourth-order valence-electron chi connectivity index (χ4n) is 4.37. The number of rotatable bonds is 1. The standard InChI is InChI=1S/C11H16O/c1-6(12)11-9-3-7-2-8(5-9)10(11)4-7/h7-11H,2-5H2,1H3/t7-,8-,9-,10-,11+/m1/s1. The predicted molar refractivity (Wildman–Crippen MR) is 46.6 cm³/mol. The average Bonchev–Trinajstić information content (AvgIpc) is 2.38.